The van der Waals surface area contributed by atoms with Crippen molar-refractivity contribution in [1.82, 2.24) is 0 Å². The van der Waals surface area contributed by atoms with Crippen LogP contribution in [0.3, 0.4) is 0 Å². The first kappa shape index (κ1) is 13.6. The number of hydrogen-bond donors (Lipinski definition) is 1. The molecule has 0 bridgehead atoms. The molecule has 0 fully saturated rings. The van der Waals surface area contributed by atoms with Gasteiger partial charge in [-0.2, -0.15) is 0 Å². The molecule has 1 nitrogen and oxygen atoms in total. The molecule has 4 heteroatoms. The van der Waals surface area contributed by atoms with Crippen LogP contribution in [0.1, 0.15) is 18.1 Å². The van der Waals surface area contributed by atoms with E-state index in [-0.39, 0.29) is 12.2 Å². The van der Waals surface area contributed by atoms with Gasteiger partial charge in [-0.3, -0.25) is 0 Å². The quantitative estimate of drug-likeness (QED) is 0.902. The second kappa shape index (κ2) is 5.05. The van der Waals surface area contributed by atoms with Crippen LogP contribution in [-0.4, -0.2) is 0 Å². The lowest BCUT2D eigenvalue weighted by Gasteiger charge is -2.25. The number of rotatable bonds is 3. The highest BCUT2D eigenvalue weighted by Crippen LogP contribution is 2.25. The van der Waals surface area contributed by atoms with Gasteiger partial charge in [0.25, 0.3) is 0 Å². The fourth-order valence-corrected chi connectivity index (χ4v) is 1.99. The van der Waals surface area contributed by atoms with Gasteiger partial charge in [0, 0.05) is 5.54 Å². The third-order valence-electron chi connectivity index (χ3n) is 3.09. The van der Waals surface area contributed by atoms with Crippen molar-refractivity contribution in [1.29, 1.82) is 0 Å². The Morgan fingerprint density at radius 3 is 2.26 bits per heavy atom. The Hall–Kier alpha value is -1.81. The van der Waals surface area contributed by atoms with Gasteiger partial charge in [-0.25, -0.2) is 13.2 Å². The van der Waals surface area contributed by atoms with Gasteiger partial charge >= 0.3 is 0 Å². The van der Waals surface area contributed by atoms with Crippen molar-refractivity contribution in [2.24, 2.45) is 5.73 Å². The van der Waals surface area contributed by atoms with E-state index in [2.05, 4.69) is 0 Å². The first-order chi connectivity index (χ1) is 8.90. The maximum absolute atomic E-state index is 13.6. The van der Waals surface area contributed by atoms with E-state index in [1.807, 2.05) is 0 Å². The lowest BCUT2D eigenvalue weighted by Crippen LogP contribution is -2.36. The Kier molecular flexibility index (Phi) is 3.62. The van der Waals surface area contributed by atoms with Gasteiger partial charge in [-0.15, -0.1) is 0 Å². The van der Waals surface area contributed by atoms with Crippen LogP contribution in [-0.2, 0) is 12.0 Å². The Morgan fingerprint density at radius 1 is 0.947 bits per heavy atom. The summed E-state index contributed by atoms with van der Waals surface area (Å²) in [6, 6.07) is 9.76. The summed E-state index contributed by atoms with van der Waals surface area (Å²) in [7, 11) is 0. The lowest BCUT2D eigenvalue weighted by molar-refractivity contribution is 0.461. The summed E-state index contributed by atoms with van der Waals surface area (Å²) in [6.45, 7) is 1.66. The van der Waals surface area contributed by atoms with Crippen molar-refractivity contribution in [3.63, 3.8) is 0 Å². The van der Waals surface area contributed by atoms with Crippen LogP contribution in [0.5, 0.6) is 0 Å². The predicted octanol–water partition coefficient (Wildman–Crippen LogP) is 3.52. The maximum atomic E-state index is 13.6. The van der Waals surface area contributed by atoms with E-state index in [1.165, 1.54) is 12.1 Å². The molecule has 0 radical (unpaired) electrons. The maximum Gasteiger partial charge on any atom is 0.159 e. The average Bonchev–Trinajstić information content (AvgIpc) is 2.35. The van der Waals surface area contributed by atoms with Crippen LogP contribution in [0.15, 0.2) is 42.5 Å². The molecule has 0 saturated carbocycles. The predicted molar refractivity (Wildman–Crippen MR) is 68.0 cm³/mol. The molecule has 2 aromatic rings. The third-order valence-corrected chi connectivity index (χ3v) is 3.09. The van der Waals surface area contributed by atoms with E-state index in [0.717, 1.165) is 12.1 Å². The van der Waals surface area contributed by atoms with Gasteiger partial charge in [-0.1, -0.05) is 24.3 Å². The molecule has 100 valence electrons. The molecular formula is C15H14F3N. The fourth-order valence-electron chi connectivity index (χ4n) is 1.99. The molecular weight excluding hydrogens is 251 g/mol. The second-order valence-corrected chi connectivity index (χ2v) is 4.81. The van der Waals surface area contributed by atoms with Gasteiger partial charge in [-0.05, 0) is 42.7 Å². The zero-order valence-corrected chi connectivity index (χ0v) is 10.5. The normalized spacial score (nSPS) is 14.2. The van der Waals surface area contributed by atoms with Crippen LogP contribution in [0, 0.1) is 17.5 Å². The molecule has 0 saturated heterocycles. The minimum Gasteiger partial charge on any atom is -0.321 e. The Bertz CT molecular complexity index is 594. The van der Waals surface area contributed by atoms with E-state index >= 15 is 0 Å². The number of hydrogen-bond acceptors (Lipinski definition) is 1. The molecule has 0 aliphatic carbocycles. The van der Waals surface area contributed by atoms with Crippen LogP contribution in [0.2, 0.25) is 0 Å². The summed E-state index contributed by atoms with van der Waals surface area (Å²) in [5, 5.41) is 0. The van der Waals surface area contributed by atoms with Crippen molar-refractivity contribution in [3.8, 4) is 0 Å². The average molecular weight is 265 g/mol. The second-order valence-electron chi connectivity index (χ2n) is 4.81. The minimum absolute atomic E-state index is 0.199. The van der Waals surface area contributed by atoms with Gasteiger partial charge in [0.05, 0.1) is 0 Å². The van der Waals surface area contributed by atoms with Crippen molar-refractivity contribution in [2.75, 3.05) is 0 Å². The molecule has 1 unspecified atom stereocenters. The third kappa shape index (κ3) is 2.96. The highest BCUT2D eigenvalue weighted by molar-refractivity contribution is 5.29. The van der Waals surface area contributed by atoms with E-state index in [4.69, 9.17) is 5.73 Å². The van der Waals surface area contributed by atoms with Gasteiger partial charge in [0.15, 0.2) is 11.6 Å². The molecule has 0 heterocycles. The van der Waals surface area contributed by atoms with Crippen LogP contribution in [0.25, 0.3) is 0 Å². The highest BCUT2D eigenvalue weighted by Gasteiger charge is 2.24. The molecule has 0 amide bonds. The molecule has 19 heavy (non-hydrogen) atoms. The summed E-state index contributed by atoms with van der Waals surface area (Å²) >= 11 is 0. The summed E-state index contributed by atoms with van der Waals surface area (Å²) in [4.78, 5) is 0. The van der Waals surface area contributed by atoms with E-state index in [9.17, 15) is 13.2 Å². The molecule has 0 aliphatic rings. The first-order valence-electron chi connectivity index (χ1n) is 5.88. The molecule has 1 atom stereocenters. The van der Waals surface area contributed by atoms with Crippen molar-refractivity contribution < 1.29 is 13.2 Å². The Labute approximate surface area is 109 Å². The monoisotopic (exact) mass is 265 g/mol. The van der Waals surface area contributed by atoms with E-state index in [0.29, 0.717) is 11.1 Å². The highest BCUT2D eigenvalue weighted by atomic mass is 19.2. The molecule has 0 spiro atoms. The van der Waals surface area contributed by atoms with Crippen molar-refractivity contribution in [2.45, 2.75) is 18.9 Å². The zero-order chi connectivity index (χ0) is 14.0. The SMILES string of the molecule is CC(N)(Cc1ccccc1F)c1ccc(F)c(F)c1. The van der Waals surface area contributed by atoms with E-state index in [1.54, 1.807) is 25.1 Å². The molecule has 2 N–H and O–H groups in total. The largest absolute Gasteiger partial charge is 0.321 e. The van der Waals surface area contributed by atoms with Crippen molar-refractivity contribution >= 4 is 0 Å². The lowest BCUT2D eigenvalue weighted by atomic mass is 9.86. The zero-order valence-electron chi connectivity index (χ0n) is 10.5. The van der Waals surface area contributed by atoms with Gasteiger partial charge < -0.3 is 5.73 Å². The summed E-state index contributed by atoms with van der Waals surface area (Å²) < 4.78 is 39.7. The minimum atomic E-state index is -0.975. The van der Waals surface area contributed by atoms with Crippen LogP contribution >= 0.6 is 0 Å². The smallest absolute Gasteiger partial charge is 0.159 e. The van der Waals surface area contributed by atoms with Gasteiger partial charge in [0.2, 0.25) is 0 Å². The van der Waals surface area contributed by atoms with E-state index < -0.39 is 17.2 Å². The molecule has 2 rings (SSSR count). The summed E-state index contributed by atoms with van der Waals surface area (Å²) in [5.41, 5.74) is 5.99. The molecule has 0 aromatic heterocycles. The number of nitrogens with two attached hydrogens (primary N) is 1. The summed E-state index contributed by atoms with van der Waals surface area (Å²) in [5.74, 6) is -2.24. The fraction of sp³-hybridized carbons (Fsp3) is 0.200. The van der Waals surface area contributed by atoms with Gasteiger partial charge in [0.1, 0.15) is 5.82 Å². The summed E-state index contributed by atoms with van der Waals surface area (Å²) in [6.07, 6.45) is 0.199. The first-order valence-corrected chi connectivity index (χ1v) is 5.88. The molecule has 2 aromatic carbocycles. The van der Waals surface area contributed by atoms with Crippen LogP contribution < -0.4 is 5.73 Å². The Balaban J connectivity index is 2.32. The van der Waals surface area contributed by atoms with Crippen molar-refractivity contribution in [3.05, 3.63) is 71.0 Å². The standard InChI is InChI=1S/C15H14F3N/c1-15(19,9-10-4-2-3-5-12(10)16)11-6-7-13(17)14(18)8-11/h2-8H,9,19H2,1H3. The Morgan fingerprint density at radius 2 is 1.63 bits per heavy atom. The van der Waals surface area contributed by atoms with Crippen LogP contribution in [0.4, 0.5) is 13.2 Å². The number of benzene rings is 2. The molecule has 0 aliphatic heterocycles. The number of halogens is 3. The topological polar surface area (TPSA) is 26.0 Å².